The van der Waals surface area contributed by atoms with E-state index in [4.69, 9.17) is 9.73 Å². The Labute approximate surface area is 179 Å². The normalized spacial score (nSPS) is 22.5. The summed E-state index contributed by atoms with van der Waals surface area (Å²) < 4.78 is 5.34. The molecule has 2 unspecified atom stereocenters. The van der Waals surface area contributed by atoms with Crippen LogP contribution in [0.3, 0.4) is 0 Å². The maximum Gasteiger partial charge on any atom is 0.193 e. The Morgan fingerprint density at radius 3 is 2.85 bits per heavy atom. The number of nitrogens with one attached hydrogen (secondary N) is 1. The summed E-state index contributed by atoms with van der Waals surface area (Å²) in [6, 6.07) is 4.85. The van der Waals surface area contributed by atoms with E-state index >= 15 is 0 Å². The predicted octanol–water partition coefficient (Wildman–Crippen LogP) is 3.44. The van der Waals surface area contributed by atoms with Crippen molar-refractivity contribution in [2.45, 2.75) is 32.2 Å². The van der Waals surface area contributed by atoms with Gasteiger partial charge in [-0.25, -0.2) is 0 Å². The van der Waals surface area contributed by atoms with E-state index < -0.39 is 0 Å². The number of rotatable bonds is 7. The molecule has 0 bridgehead atoms. The molecule has 2 fully saturated rings. The zero-order valence-electron chi connectivity index (χ0n) is 16.0. The van der Waals surface area contributed by atoms with Crippen LogP contribution in [0.25, 0.3) is 0 Å². The number of hydrogen-bond acceptors (Lipinski definition) is 4. The molecule has 5 nitrogen and oxygen atoms in total. The van der Waals surface area contributed by atoms with Gasteiger partial charge in [0.15, 0.2) is 5.96 Å². The van der Waals surface area contributed by atoms with Crippen molar-refractivity contribution in [2.75, 3.05) is 53.0 Å². The molecule has 3 heterocycles. The molecule has 2 atom stereocenters. The first-order chi connectivity index (χ1) is 12.3. The van der Waals surface area contributed by atoms with Crippen molar-refractivity contribution in [3.63, 3.8) is 0 Å². The van der Waals surface area contributed by atoms with Crippen LogP contribution in [-0.4, -0.2) is 68.7 Å². The third-order valence-electron chi connectivity index (χ3n) is 5.19. The van der Waals surface area contributed by atoms with Gasteiger partial charge in [-0.2, -0.15) is 0 Å². The van der Waals surface area contributed by atoms with Crippen molar-refractivity contribution in [1.29, 1.82) is 0 Å². The van der Waals surface area contributed by atoms with Crippen molar-refractivity contribution < 1.29 is 4.74 Å². The lowest BCUT2D eigenvalue weighted by atomic mass is 10.1. The average Bonchev–Trinajstić information content (AvgIpc) is 3.37. The Bertz CT molecular complexity index is 534. The molecule has 148 valence electrons. The smallest absolute Gasteiger partial charge is 0.193 e. The standard InChI is InChI=1S/C19H32N4OS.HI/c1-3-20-19(23-11-8-16(14-23)15-24-2)21-13-17(18-7-6-12-25-18)22-9-4-5-10-22;/h6-7,12,16-17H,3-5,8-11,13-15H2,1-2H3,(H,20,21);1H. The van der Waals surface area contributed by atoms with Gasteiger partial charge in [0.05, 0.1) is 19.2 Å². The fourth-order valence-corrected chi connectivity index (χ4v) is 4.77. The topological polar surface area (TPSA) is 40.1 Å². The summed E-state index contributed by atoms with van der Waals surface area (Å²) in [4.78, 5) is 11.5. The molecule has 1 aromatic rings. The number of aliphatic imine (C=N–C) groups is 1. The molecule has 3 rings (SSSR count). The van der Waals surface area contributed by atoms with Crippen LogP contribution in [0.2, 0.25) is 0 Å². The summed E-state index contributed by atoms with van der Waals surface area (Å²) in [7, 11) is 1.80. The molecule has 1 N–H and O–H groups in total. The Morgan fingerprint density at radius 2 is 2.19 bits per heavy atom. The van der Waals surface area contributed by atoms with E-state index in [-0.39, 0.29) is 24.0 Å². The Balaban J connectivity index is 0.00000243. The van der Waals surface area contributed by atoms with E-state index in [1.54, 1.807) is 7.11 Å². The van der Waals surface area contributed by atoms with Crippen LogP contribution < -0.4 is 5.32 Å². The number of guanidine groups is 1. The molecule has 0 amide bonds. The molecule has 0 aromatic carbocycles. The van der Waals surface area contributed by atoms with Gasteiger partial charge in [0.2, 0.25) is 0 Å². The van der Waals surface area contributed by atoms with Crippen LogP contribution in [0, 0.1) is 5.92 Å². The van der Waals surface area contributed by atoms with Crippen molar-refractivity contribution in [3.05, 3.63) is 22.4 Å². The highest BCUT2D eigenvalue weighted by atomic mass is 127. The fraction of sp³-hybridized carbons (Fsp3) is 0.737. The third-order valence-corrected chi connectivity index (χ3v) is 6.16. The number of ether oxygens (including phenoxy) is 1. The second kappa shape index (κ2) is 11.5. The molecule has 0 radical (unpaired) electrons. The summed E-state index contributed by atoms with van der Waals surface area (Å²) >= 11 is 1.86. The predicted molar refractivity (Wildman–Crippen MR) is 121 cm³/mol. The van der Waals surface area contributed by atoms with E-state index in [2.05, 4.69) is 39.6 Å². The van der Waals surface area contributed by atoms with Crippen LogP contribution in [0.1, 0.15) is 37.1 Å². The van der Waals surface area contributed by atoms with Crippen LogP contribution in [0.4, 0.5) is 0 Å². The number of thiophene rings is 1. The monoisotopic (exact) mass is 492 g/mol. The lowest BCUT2D eigenvalue weighted by Crippen LogP contribution is -2.41. The van der Waals surface area contributed by atoms with Crippen molar-refractivity contribution in [1.82, 2.24) is 15.1 Å². The van der Waals surface area contributed by atoms with Crippen molar-refractivity contribution >= 4 is 41.3 Å². The second-order valence-corrected chi connectivity index (χ2v) is 8.00. The fourth-order valence-electron chi connectivity index (χ4n) is 3.92. The number of nitrogens with zero attached hydrogens (tertiary/aromatic N) is 3. The van der Waals surface area contributed by atoms with Crippen LogP contribution >= 0.6 is 35.3 Å². The minimum atomic E-state index is 0. The van der Waals surface area contributed by atoms with Crippen molar-refractivity contribution in [2.24, 2.45) is 10.9 Å². The molecule has 0 spiro atoms. The maximum absolute atomic E-state index is 5.34. The van der Waals surface area contributed by atoms with E-state index in [0.717, 1.165) is 38.7 Å². The summed E-state index contributed by atoms with van der Waals surface area (Å²) in [6.45, 7) is 9.28. The molecule has 2 aliphatic rings. The second-order valence-electron chi connectivity index (χ2n) is 7.02. The van der Waals surface area contributed by atoms with Crippen LogP contribution in [-0.2, 0) is 4.74 Å². The molecule has 0 aliphatic carbocycles. The average molecular weight is 492 g/mol. The van der Waals surface area contributed by atoms with Gasteiger partial charge in [0.1, 0.15) is 0 Å². The zero-order valence-corrected chi connectivity index (χ0v) is 19.2. The summed E-state index contributed by atoms with van der Waals surface area (Å²) in [5.41, 5.74) is 0. The molecular weight excluding hydrogens is 459 g/mol. The van der Waals surface area contributed by atoms with Crippen LogP contribution in [0.5, 0.6) is 0 Å². The SMILES string of the molecule is CCNC(=NCC(c1cccs1)N1CCCC1)N1CCC(COC)C1.I. The van der Waals surface area contributed by atoms with E-state index in [0.29, 0.717) is 12.0 Å². The molecule has 1 aromatic heterocycles. The van der Waals surface area contributed by atoms with Gasteiger partial charge >= 0.3 is 0 Å². The Hall–Kier alpha value is -0.380. The van der Waals surface area contributed by atoms with E-state index in [9.17, 15) is 0 Å². The lowest BCUT2D eigenvalue weighted by Gasteiger charge is -2.27. The van der Waals surface area contributed by atoms with E-state index in [1.165, 1.54) is 37.2 Å². The first kappa shape index (κ1) is 21.9. The third kappa shape index (κ3) is 5.81. The number of methoxy groups -OCH3 is 1. The number of hydrogen-bond donors (Lipinski definition) is 1. The minimum absolute atomic E-state index is 0. The quantitative estimate of drug-likeness (QED) is 0.360. The van der Waals surface area contributed by atoms with E-state index in [1.807, 2.05) is 11.3 Å². The number of halogens is 1. The summed E-state index contributed by atoms with van der Waals surface area (Å²) in [5.74, 6) is 1.70. The lowest BCUT2D eigenvalue weighted by molar-refractivity contribution is 0.157. The van der Waals surface area contributed by atoms with Gasteiger partial charge in [-0.3, -0.25) is 9.89 Å². The van der Waals surface area contributed by atoms with Crippen molar-refractivity contribution in [3.8, 4) is 0 Å². The molecule has 7 heteroatoms. The van der Waals surface area contributed by atoms with Crippen LogP contribution in [0.15, 0.2) is 22.5 Å². The van der Waals surface area contributed by atoms with Gasteiger partial charge in [-0.15, -0.1) is 35.3 Å². The van der Waals surface area contributed by atoms with Gasteiger partial charge in [0.25, 0.3) is 0 Å². The molecule has 2 aliphatic heterocycles. The van der Waals surface area contributed by atoms with Gasteiger partial charge in [0, 0.05) is 37.5 Å². The van der Waals surface area contributed by atoms with Gasteiger partial charge in [-0.1, -0.05) is 6.07 Å². The highest BCUT2D eigenvalue weighted by Gasteiger charge is 2.27. The summed E-state index contributed by atoms with van der Waals surface area (Å²) in [6.07, 6.45) is 3.83. The number of likely N-dealkylation sites (tertiary alicyclic amines) is 2. The molecule has 2 saturated heterocycles. The Kier molecular flexibility index (Phi) is 9.66. The highest BCUT2D eigenvalue weighted by molar-refractivity contribution is 14.0. The highest BCUT2D eigenvalue weighted by Crippen LogP contribution is 2.29. The zero-order chi connectivity index (χ0) is 17.5. The Morgan fingerprint density at radius 1 is 1.38 bits per heavy atom. The minimum Gasteiger partial charge on any atom is -0.384 e. The largest absolute Gasteiger partial charge is 0.384 e. The molecule has 0 saturated carbocycles. The summed E-state index contributed by atoms with van der Waals surface area (Å²) in [5, 5.41) is 5.68. The first-order valence-corrected chi connectivity index (χ1v) is 10.5. The van der Waals surface area contributed by atoms with Gasteiger partial charge < -0.3 is 15.0 Å². The van der Waals surface area contributed by atoms with Gasteiger partial charge in [-0.05, 0) is 50.7 Å². The first-order valence-electron chi connectivity index (χ1n) is 9.61. The molecular formula is C19H33IN4OS. The maximum atomic E-state index is 5.34. The molecule has 26 heavy (non-hydrogen) atoms.